The molecule has 2 amide bonds. The summed E-state index contributed by atoms with van der Waals surface area (Å²) in [5, 5.41) is 0. The number of amides is 2. The molecule has 0 bridgehead atoms. The van der Waals surface area contributed by atoms with Crippen molar-refractivity contribution in [3.05, 3.63) is 11.3 Å². The molecule has 0 radical (unpaired) electrons. The molecule has 4 nitrogen and oxygen atoms in total. The second-order valence-corrected chi connectivity index (χ2v) is 8.26. The number of nitrogens with zero attached hydrogens (tertiary/aromatic N) is 2. The highest BCUT2D eigenvalue weighted by Gasteiger charge is 2.40. The van der Waals surface area contributed by atoms with Crippen molar-refractivity contribution in [1.29, 1.82) is 0 Å². The largest absolute Gasteiger partial charge is 0.330 e. The molecule has 0 aromatic rings. The van der Waals surface area contributed by atoms with E-state index in [9.17, 15) is 9.59 Å². The maximum Gasteiger partial charge on any atom is 0.252 e. The summed E-state index contributed by atoms with van der Waals surface area (Å²) < 4.78 is 0. The molecule has 4 heteroatoms. The molecule has 0 N–H and O–H groups in total. The van der Waals surface area contributed by atoms with Gasteiger partial charge in [0.05, 0.1) is 0 Å². The van der Waals surface area contributed by atoms with E-state index >= 15 is 0 Å². The minimum Gasteiger partial charge on any atom is -0.330 e. The predicted octanol–water partition coefficient (Wildman–Crippen LogP) is 3.43. The van der Waals surface area contributed by atoms with Crippen LogP contribution in [0.4, 0.5) is 0 Å². The average molecular weight is 308 g/mol. The van der Waals surface area contributed by atoms with Crippen LogP contribution in [0.15, 0.2) is 11.3 Å². The Hall–Kier alpha value is -1.32. The third-order valence-electron chi connectivity index (χ3n) is 4.02. The van der Waals surface area contributed by atoms with E-state index in [2.05, 4.69) is 27.7 Å². The van der Waals surface area contributed by atoms with Crippen LogP contribution >= 0.6 is 0 Å². The van der Waals surface area contributed by atoms with E-state index < -0.39 is 0 Å². The summed E-state index contributed by atoms with van der Waals surface area (Å²) in [4.78, 5) is 29.1. The van der Waals surface area contributed by atoms with Crippen LogP contribution in [0.2, 0.25) is 0 Å². The highest BCUT2D eigenvalue weighted by Crippen LogP contribution is 2.40. The van der Waals surface area contributed by atoms with Crippen LogP contribution in [0.1, 0.15) is 61.3 Å². The Morgan fingerprint density at radius 1 is 1.00 bits per heavy atom. The molecule has 1 aliphatic rings. The van der Waals surface area contributed by atoms with Crippen molar-refractivity contribution in [3.8, 4) is 0 Å². The third-order valence-corrected chi connectivity index (χ3v) is 4.02. The Morgan fingerprint density at radius 2 is 1.55 bits per heavy atom. The summed E-state index contributed by atoms with van der Waals surface area (Å²) in [5.41, 5.74) is 1.06. The predicted molar refractivity (Wildman–Crippen MR) is 90.2 cm³/mol. The third kappa shape index (κ3) is 3.90. The standard InChI is InChI=1S/C18H32N2O2/c1-9-10-11-20-12-13(21)19(8)15(18(5,6)7)14(16(20)22)17(2,3)4/h9-12H2,1-8H3. The highest BCUT2D eigenvalue weighted by molar-refractivity contribution is 6.00. The van der Waals surface area contributed by atoms with Gasteiger partial charge in [0, 0.05) is 30.3 Å². The SMILES string of the molecule is CCCCN1CC(=O)N(C)C(C(C)(C)C)=C(C(C)(C)C)C1=O. The molecule has 0 saturated heterocycles. The topological polar surface area (TPSA) is 40.6 Å². The lowest BCUT2D eigenvalue weighted by molar-refractivity contribution is -0.135. The van der Waals surface area contributed by atoms with Gasteiger partial charge in [0.25, 0.3) is 5.91 Å². The Bertz CT molecular complexity index is 478. The first-order valence-electron chi connectivity index (χ1n) is 8.22. The number of likely N-dealkylation sites (N-methyl/N-ethyl adjacent to an activating group) is 1. The summed E-state index contributed by atoms with van der Waals surface area (Å²) >= 11 is 0. The Balaban J connectivity index is 3.51. The molecule has 0 aromatic carbocycles. The first-order chi connectivity index (χ1) is 9.91. The van der Waals surface area contributed by atoms with Gasteiger partial charge in [0.1, 0.15) is 6.54 Å². The molecule has 0 aliphatic carbocycles. The Morgan fingerprint density at radius 3 is 1.95 bits per heavy atom. The van der Waals surface area contributed by atoms with Gasteiger partial charge in [-0.2, -0.15) is 0 Å². The van der Waals surface area contributed by atoms with Crippen LogP contribution in [-0.2, 0) is 9.59 Å². The van der Waals surface area contributed by atoms with Crippen molar-refractivity contribution >= 4 is 11.8 Å². The molecule has 0 fully saturated rings. The van der Waals surface area contributed by atoms with Gasteiger partial charge in [-0.25, -0.2) is 0 Å². The minimum atomic E-state index is -0.303. The van der Waals surface area contributed by atoms with Crippen LogP contribution in [0.3, 0.4) is 0 Å². The van der Waals surface area contributed by atoms with E-state index in [1.807, 2.05) is 20.8 Å². The number of carbonyl (C=O) groups is 2. The molecule has 0 atom stereocenters. The van der Waals surface area contributed by atoms with Crippen LogP contribution in [0.5, 0.6) is 0 Å². The molecule has 0 unspecified atom stereocenters. The van der Waals surface area contributed by atoms with Crippen molar-refractivity contribution in [2.75, 3.05) is 20.1 Å². The van der Waals surface area contributed by atoms with Gasteiger partial charge in [0.15, 0.2) is 0 Å². The number of hydrogen-bond donors (Lipinski definition) is 0. The van der Waals surface area contributed by atoms with E-state index in [4.69, 9.17) is 0 Å². The van der Waals surface area contributed by atoms with Crippen molar-refractivity contribution in [3.63, 3.8) is 0 Å². The zero-order valence-corrected chi connectivity index (χ0v) is 15.5. The average Bonchev–Trinajstić information content (AvgIpc) is 2.44. The zero-order chi connectivity index (χ0) is 17.3. The fourth-order valence-corrected chi connectivity index (χ4v) is 2.98. The molecule has 0 spiro atoms. The summed E-state index contributed by atoms with van der Waals surface area (Å²) in [5.74, 6) is 0.0113. The van der Waals surface area contributed by atoms with E-state index in [1.165, 1.54) is 0 Å². The second kappa shape index (κ2) is 6.43. The van der Waals surface area contributed by atoms with Gasteiger partial charge in [-0.05, 0) is 11.8 Å². The van der Waals surface area contributed by atoms with Crippen LogP contribution in [0, 0.1) is 10.8 Å². The monoisotopic (exact) mass is 308 g/mol. The summed E-state index contributed by atoms with van der Waals surface area (Å²) in [6.07, 6.45) is 1.93. The number of unbranched alkanes of at least 4 members (excludes halogenated alkanes) is 1. The maximum atomic E-state index is 13.1. The normalized spacial score (nSPS) is 18.2. The molecule has 22 heavy (non-hydrogen) atoms. The van der Waals surface area contributed by atoms with Gasteiger partial charge in [-0.3, -0.25) is 9.59 Å². The van der Waals surface area contributed by atoms with Gasteiger partial charge < -0.3 is 9.80 Å². The Kier molecular flexibility index (Phi) is 5.47. The molecule has 0 saturated carbocycles. The quantitative estimate of drug-likeness (QED) is 0.801. The van der Waals surface area contributed by atoms with E-state index in [0.29, 0.717) is 6.54 Å². The van der Waals surface area contributed by atoms with Gasteiger partial charge in [-0.1, -0.05) is 54.9 Å². The molecule has 126 valence electrons. The molecule has 1 aliphatic heterocycles. The fourth-order valence-electron chi connectivity index (χ4n) is 2.98. The molecule has 1 rings (SSSR count). The maximum absolute atomic E-state index is 13.1. The van der Waals surface area contributed by atoms with Crippen molar-refractivity contribution < 1.29 is 9.59 Å². The lowest BCUT2D eigenvalue weighted by Gasteiger charge is -2.35. The molecule has 0 aromatic heterocycles. The number of hydrogen-bond acceptors (Lipinski definition) is 2. The van der Waals surface area contributed by atoms with Crippen molar-refractivity contribution in [2.24, 2.45) is 10.8 Å². The van der Waals surface area contributed by atoms with E-state index in [-0.39, 0.29) is 29.2 Å². The number of carbonyl (C=O) groups excluding carboxylic acids is 2. The second-order valence-electron chi connectivity index (χ2n) is 8.26. The van der Waals surface area contributed by atoms with Gasteiger partial charge in [0.2, 0.25) is 5.91 Å². The fraction of sp³-hybridized carbons (Fsp3) is 0.778. The number of allylic oxidation sites excluding steroid dienone is 1. The first-order valence-corrected chi connectivity index (χ1v) is 8.22. The van der Waals surface area contributed by atoms with Gasteiger partial charge in [-0.15, -0.1) is 0 Å². The van der Waals surface area contributed by atoms with Crippen LogP contribution in [-0.4, -0.2) is 41.8 Å². The summed E-state index contributed by atoms with van der Waals surface area (Å²) in [6.45, 7) is 15.2. The molecular formula is C18H32N2O2. The Labute approximate surface area is 135 Å². The number of rotatable bonds is 3. The lowest BCUT2D eigenvalue weighted by Crippen LogP contribution is -2.39. The molecule has 1 heterocycles. The highest BCUT2D eigenvalue weighted by atomic mass is 16.2. The van der Waals surface area contributed by atoms with E-state index in [0.717, 1.165) is 24.1 Å². The summed E-state index contributed by atoms with van der Waals surface area (Å²) in [6, 6.07) is 0. The smallest absolute Gasteiger partial charge is 0.252 e. The van der Waals surface area contributed by atoms with Crippen LogP contribution < -0.4 is 0 Å². The molecular weight excluding hydrogens is 276 g/mol. The lowest BCUT2D eigenvalue weighted by atomic mass is 9.77. The summed E-state index contributed by atoms with van der Waals surface area (Å²) in [7, 11) is 1.80. The van der Waals surface area contributed by atoms with Crippen molar-refractivity contribution in [1.82, 2.24) is 9.80 Å². The minimum absolute atomic E-state index is 0.00590. The van der Waals surface area contributed by atoms with Crippen LogP contribution in [0.25, 0.3) is 0 Å². The first kappa shape index (κ1) is 18.7. The zero-order valence-electron chi connectivity index (χ0n) is 15.5. The van der Waals surface area contributed by atoms with Gasteiger partial charge >= 0.3 is 0 Å². The van der Waals surface area contributed by atoms with E-state index in [1.54, 1.807) is 16.8 Å². The van der Waals surface area contributed by atoms with Crippen molar-refractivity contribution in [2.45, 2.75) is 61.3 Å².